The molecule has 0 saturated carbocycles. The summed E-state index contributed by atoms with van der Waals surface area (Å²) >= 11 is 0. The number of aryl methyl sites for hydroxylation is 1. The number of piperidine rings is 1. The van der Waals surface area contributed by atoms with E-state index in [0.29, 0.717) is 18.3 Å². The van der Waals surface area contributed by atoms with Gasteiger partial charge >= 0.3 is 0 Å². The number of rotatable bonds is 5. The molecule has 0 atom stereocenters. The molecule has 10 nitrogen and oxygen atoms in total. The summed E-state index contributed by atoms with van der Waals surface area (Å²) in [4.78, 5) is 18.4. The van der Waals surface area contributed by atoms with Crippen LogP contribution >= 0.6 is 0 Å². The Balaban J connectivity index is 1.38. The Morgan fingerprint density at radius 1 is 1.23 bits per heavy atom. The standard InChI is InChI=1S/C16H20N8O2/c1-12-14(21-26-20-12)9-22-6-4-13(5-7-22)8-23-16(25)3-2-15(19-23)24-11-17-10-18-24/h2-3,10-11,13H,4-9H2,1H3. The van der Waals surface area contributed by atoms with Crippen LogP contribution in [0.3, 0.4) is 0 Å². The second-order valence-corrected chi connectivity index (χ2v) is 6.57. The molecule has 10 heteroatoms. The van der Waals surface area contributed by atoms with Gasteiger partial charge in [0.2, 0.25) is 0 Å². The first-order valence-corrected chi connectivity index (χ1v) is 8.62. The van der Waals surface area contributed by atoms with Crippen molar-refractivity contribution in [2.24, 2.45) is 5.92 Å². The minimum absolute atomic E-state index is 0.0967. The molecule has 136 valence electrons. The van der Waals surface area contributed by atoms with Gasteiger partial charge in [-0.25, -0.2) is 19.0 Å². The Labute approximate surface area is 149 Å². The fraction of sp³-hybridized carbons (Fsp3) is 0.500. The number of hydrogen-bond acceptors (Lipinski definition) is 8. The maximum Gasteiger partial charge on any atom is 0.266 e. The first kappa shape index (κ1) is 16.6. The van der Waals surface area contributed by atoms with Gasteiger partial charge in [-0.1, -0.05) is 10.3 Å². The van der Waals surface area contributed by atoms with Gasteiger partial charge in [0, 0.05) is 19.2 Å². The Morgan fingerprint density at radius 2 is 2.08 bits per heavy atom. The maximum absolute atomic E-state index is 12.1. The van der Waals surface area contributed by atoms with E-state index in [-0.39, 0.29) is 5.56 Å². The van der Waals surface area contributed by atoms with Crippen molar-refractivity contribution in [1.29, 1.82) is 0 Å². The summed E-state index contributed by atoms with van der Waals surface area (Å²) < 4.78 is 7.84. The molecule has 0 aromatic carbocycles. The minimum Gasteiger partial charge on any atom is -0.297 e. The quantitative estimate of drug-likeness (QED) is 0.647. The van der Waals surface area contributed by atoms with Crippen molar-refractivity contribution in [1.82, 2.24) is 39.8 Å². The molecule has 0 N–H and O–H groups in total. The van der Waals surface area contributed by atoms with E-state index >= 15 is 0 Å². The number of aromatic nitrogens is 7. The highest BCUT2D eigenvalue weighted by Gasteiger charge is 2.22. The van der Waals surface area contributed by atoms with Gasteiger partial charge < -0.3 is 0 Å². The molecule has 0 unspecified atom stereocenters. The third-order valence-corrected chi connectivity index (χ3v) is 4.76. The highest BCUT2D eigenvalue weighted by atomic mass is 16.6. The molecule has 1 aliphatic rings. The van der Waals surface area contributed by atoms with E-state index in [4.69, 9.17) is 4.63 Å². The van der Waals surface area contributed by atoms with Gasteiger partial charge in [-0.3, -0.25) is 9.69 Å². The molecular weight excluding hydrogens is 336 g/mol. The average molecular weight is 356 g/mol. The van der Waals surface area contributed by atoms with Crippen molar-refractivity contribution >= 4 is 0 Å². The summed E-state index contributed by atoms with van der Waals surface area (Å²) in [7, 11) is 0. The van der Waals surface area contributed by atoms with Crippen LogP contribution in [0.4, 0.5) is 0 Å². The van der Waals surface area contributed by atoms with Crippen molar-refractivity contribution in [3.05, 3.63) is 46.5 Å². The van der Waals surface area contributed by atoms with Gasteiger partial charge in [-0.15, -0.1) is 5.10 Å². The van der Waals surface area contributed by atoms with Gasteiger partial charge in [0.1, 0.15) is 24.0 Å². The zero-order valence-corrected chi connectivity index (χ0v) is 14.5. The zero-order chi connectivity index (χ0) is 17.9. The first-order chi connectivity index (χ1) is 12.7. The molecule has 3 aromatic heterocycles. The second-order valence-electron chi connectivity index (χ2n) is 6.57. The lowest BCUT2D eigenvalue weighted by molar-refractivity contribution is 0.159. The lowest BCUT2D eigenvalue weighted by atomic mass is 9.96. The van der Waals surface area contributed by atoms with Crippen LogP contribution in [0, 0.1) is 12.8 Å². The minimum atomic E-state index is -0.0967. The Kier molecular flexibility index (Phi) is 4.57. The summed E-state index contributed by atoms with van der Waals surface area (Å²) in [6.07, 6.45) is 5.02. The average Bonchev–Trinajstić information content (AvgIpc) is 3.31. The fourth-order valence-electron chi connectivity index (χ4n) is 3.19. The van der Waals surface area contributed by atoms with Gasteiger partial charge in [0.25, 0.3) is 5.56 Å². The van der Waals surface area contributed by atoms with Crippen LogP contribution in [0.5, 0.6) is 0 Å². The lowest BCUT2D eigenvalue weighted by Gasteiger charge is -2.31. The molecule has 0 amide bonds. The highest BCUT2D eigenvalue weighted by Crippen LogP contribution is 2.20. The third-order valence-electron chi connectivity index (χ3n) is 4.76. The Hall–Kier alpha value is -2.88. The summed E-state index contributed by atoms with van der Waals surface area (Å²) in [6.45, 7) is 5.17. The van der Waals surface area contributed by atoms with Gasteiger partial charge in [0.15, 0.2) is 5.82 Å². The SMILES string of the molecule is Cc1nonc1CN1CCC(Cn2nc(-n3cncn3)ccc2=O)CC1. The van der Waals surface area contributed by atoms with Crippen LogP contribution in [0.2, 0.25) is 0 Å². The van der Waals surface area contributed by atoms with Crippen molar-refractivity contribution in [2.75, 3.05) is 13.1 Å². The van der Waals surface area contributed by atoms with E-state index in [9.17, 15) is 4.79 Å². The molecule has 1 aliphatic heterocycles. The molecule has 4 rings (SSSR count). The summed E-state index contributed by atoms with van der Waals surface area (Å²) in [6, 6.07) is 3.18. The van der Waals surface area contributed by atoms with Gasteiger partial charge in [-0.05, 0) is 44.8 Å². The normalized spacial score (nSPS) is 16.2. The van der Waals surface area contributed by atoms with Gasteiger partial charge in [-0.2, -0.15) is 5.10 Å². The van der Waals surface area contributed by atoms with Crippen LogP contribution < -0.4 is 5.56 Å². The van der Waals surface area contributed by atoms with E-state index in [2.05, 4.69) is 30.4 Å². The second kappa shape index (κ2) is 7.16. The summed E-state index contributed by atoms with van der Waals surface area (Å²) in [5.74, 6) is 1.01. The number of hydrogen-bond donors (Lipinski definition) is 0. The molecule has 0 aliphatic carbocycles. The van der Waals surface area contributed by atoms with E-state index in [0.717, 1.165) is 43.9 Å². The first-order valence-electron chi connectivity index (χ1n) is 8.62. The van der Waals surface area contributed by atoms with Crippen LogP contribution in [-0.4, -0.2) is 52.8 Å². The van der Waals surface area contributed by atoms with Crippen molar-refractivity contribution in [3.63, 3.8) is 0 Å². The predicted octanol–water partition coefficient (Wildman–Crippen LogP) is 0.428. The van der Waals surface area contributed by atoms with Crippen LogP contribution in [-0.2, 0) is 13.1 Å². The predicted molar refractivity (Wildman–Crippen MR) is 90.5 cm³/mol. The largest absolute Gasteiger partial charge is 0.297 e. The molecule has 0 spiro atoms. The summed E-state index contributed by atoms with van der Waals surface area (Å²) in [5, 5.41) is 16.2. The molecule has 0 radical (unpaired) electrons. The number of likely N-dealkylation sites (tertiary alicyclic amines) is 1. The molecule has 1 saturated heterocycles. The molecular formula is C16H20N8O2. The Bertz CT molecular complexity index is 908. The molecule has 3 aromatic rings. The van der Waals surface area contributed by atoms with Crippen molar-refractivity contribution in [3.8, 4) is 5.82 Å². The van der Waals surface area contributed by atoms with E-state index in [1.165, 1.54) is 17.1 Å². The molecule has 4 heterocycles. The van der Waals surface area contributed by atoms with Crippen molar-refractivity contribution in [2.45, 2.75) is 32.9 Å². The monoisotopic (exact) mass is 356 g/mol. The van der Waals surface area contributed by atoms with Crippen molar-refractivity contribution < 1.29 is 4.63 Å². The highest BCUT2D eigenvalue weighted by molar-refractivity contribution is 5.16. The molecule has 1 fully saturated rings. The molecule has 26 heavy (non-hydrogen) atoms. The fourth-order valence-corrected chi connectivity index (χ4v) is 3.19. The topological polar surface area (TPSA) is 108 Å². The van der Waals surface area contributed by atoms with Gasteiger partial charge in [0.05, 0.1) is 0 Å². The van der Waals surface area contributed by atoms with E-state index in [1.54, 1.807) is 17.1 Å². The van der Waals surface area contributed by atoms with Crippen LogP contribution in [0.25, 0.3) is 5.82 Å². The number of nitrogens with zero attached hydrogens (tertiary/aromatic N) is 8. The maximum atomic E-state index is 12.1. The Morgan fingerprint density at radius 3 is 2.77 bits per heavy atom. The van der Waals surface area contributed by atoms with E-state index < -0.39 is 0 Å². The van der Waals surface area contributed by atoms with E-state index in [1.807, 2.05) is 6.92 Å². The molecule has 0 bridgehead atoms. The zero-order valence-electron chi connectivity index (χ0n) is 14.5. The summed E-state index contributed by atoms with van der Waals surface area (Å²) in [5.41, 5.74) is 1.63. The van der Waals surface area contributed by atoms with Crippen LogP contribution in [0.15, 0.2) is 34.2 Å². The smallest absolute Gasteiger partial charge is 0.266 e. The lowest BCUT2D eigenvalue weighted by Crippen LogP contribution is -2.36. The van der Waals surface area contributed by atoms with Crippen LogP contribution in [0.1, 0.15) is 24.2 Å². The third kappa shape index (κ3) is 3.54.